The van der Waals surface area contributed by atoms with Crippen molar-refractivity contribution in [3.63, 3.8) is 0 Å². The highest BCUT2D eigenvalue weighted by molar-refractivity contribution is 7.80. The minimum Gasteiger partial charge on any atom is -0.312 e. The van der Waals surface area contributed by atoms with Crippen LogP contribution in [0.2, 0.25) is 0 Å². The maximum atomic E-state index is 7.19. The number of nitrogens with one attached hydrogen (secondary N) is 1. The monoisotopic (exact) mass is 588 g/mol. The van der Waals surface area contributed by atoms with E-state index in [1.807, 2.05) is 12.1 Å². The van der Waals surface area contributed by atoms with Crippen LogP contribution in [0.5, 0.6) is 0 Å². The smallest absolute Gasteiger partial charge is 0.0906 e. The van der Waals surface area contributed by atoms with Gasteiger partial charge in [-0.15, -0.1) is 12.6 Å². The second kappa shape index (κ2) is 11.1. The largest absolute Gasteiger partial charge is 0.312 e. The van der Waals surface area contributed by atoms with Crippen LogP contribution in [0.25, 0.3) is 38.6 Å². The third kappa shape index (κ3) is 4.53. The molecule has 0 amide bonds. The Morgan fingerprint density at radius 3 is 1.95 bits per heavy atom. The van der Waals surface area contributed by atoms with Crippen LogP contribution in [0.15, 0.2) is 157 Å². The highest BCUT2D eigenvalue weighted by atomic mass is 32.1. The molecule has 5 heteroatoms. The van der Waals surface area contributed by atoms with Crippen LogP contribution in [0.4, 0.5) is 0 Å². The van der Waals surface area contributed by atoms with Gasteiger partial charge < -0.3 is 10.3 Å². The van der Waals surface area contributed by atoms with Crippen LogP contribution >= 0.6 is 12.6 Å². The number of nitrogens with zero attached hydrogens (tertiary/aromatic N) is 2. The second-order valence-corrected chi connectivity index (χ2v) is 11.9. The van der Waals surface area contributed by atoms with E-state index in [0.29, 0.717) is 0 Å². The van der Waals surface area contributed by atoms with Crippen molar-refractivity contribution in [2.45, 2.75) is 23.4 Å². The number of hydrogen-bond donors (Lipinski definition) is 3. The Morgan fingerprint density at radius 1 is 0.591 bits per heavy atom. The summed E-state index contributed by atoms with van der Waals surface area (Å²) < 4.78 is 2.36. The molecule has 1 aliphatic rings. The van der Waals surface area contributed by atoms with E-state index in [0.717, 1.165) is 32.8 Å². The van der Waals surface area contributed by atoms with Gasteiger partial charge in [0.2, 0.25) is 0 Å². The van der Waals surface area contributed by atoms with Crippen LogP contribution in [-0.2, 0) is 0 Å². The molecule has 1 saturated heterocycles. The Kier molecular flexibility index (Phi) is 6.81. The molecule has 3 unspecified atom stereocenters. The van der Waals surface area contributed by atoms with Gasteiger partial charge in [-0.3, -0.25) is 5.32 Å². The molecule has 8 rings (SSSR count). The lowest BCUT2D eigenvalue weighted by Crippen LogP contribution is -2.60. The third-order valence-corrected chi connectivity index (χ3v) is 9.21. The van der Waals surface area contributed by atoms with Gasteiger partial charge in [0, 0.05) is 21.4 Å². The van der Waals surface area contributed by atoms with Crippen molar-refractivity contribution < 1.29 is 0 Å². The van der Waals surface area contributed by atoms with Crippen LogP contribution in [-0.4, -0.2) is 9.47 Å². The second-order valence-electron chi connectivity index (χ2n) is 11.4. The Balaban J connectivity index is 1.24. The molecule has 0 saturated carbocycles. The van der Waals surface area contributed by atoms with E-state index < -0.39 is 0 Å². The molecule has 3 atom stereocenters. The van der Waals surface area contributed by atoms with Crippen molar-refractivity contribution in [1.82, 2.24) is 14.8 Å². The van der Waals surface area contributed by atoms with E-state index in [2.05, 4.69) is 154 Å². The van der Waals surface area contributed by atoms with Gasteiger partial charge in [-0.05, 0) is 58.1 Å². The molecule has 0 radical (unpaired) electrons. The maximum Gasteiger partial charge on any atom is 0.0906 e. The van der Waals surface area contributed by atoms with Gasteiger partial charge in [0.15, 0.2) is 0 Å². The lowest BCUT2D eigenvalue weighted by molar-refractivity contribution is -0.0687. The van der Waals surface area contributed by atoms with E-state index >= 15 is 0 Å². The first kappa shape index (κ1) is 26.9. The van der Waals surface area contributed by atoms with Crippen molar-refractivity contribution in [2.24, 2.45) is 5.73 Å². The predicted molar refractivity (Wildman–Crippen MR) is 184 cm³/mol. The number of para-hydroxylation sites is 1. The summed E-state index contributed by atoms with van der Waals surface area (Å²) in [6.07, 6.45) is -0.305. The van der Waals surface area contributed by atoms with E-state index in [9.17, 15) is 0 Å². The van der Waals surface area contributed by atoms with Crippen molar-refractivity contribution in [3.05, 3.63) is 168 Å². The summed E-state index contributed by atoms with van der Waals surface area (Å²) in [6.45, 7) is 0. The molecule has 1 aliphatic heterocycles. The van der Waals surface area contributed by atoms with Crippen molar-refractivity contribution >= 4 is 34.4 Å². The molecule has 0 aliphatic carbocycles. The number of nitrogens with two attached hydrogens (primary N) is 1. The third-order valence-electron chi connectivity index (χ3n) is 8.82. The average Bonchev–Trinajstić information content (AvgIpc) is 3.39. The summed E-state index contributed by atoms with van der Waals surface area (Å²) in [5.41, 5.74) is 16.3. The predicted octanol–water partition coefficient (Wildman–Crippen LogP) is 9.00. The van der Waals surface area contributed by atoms with E-state index in [1.165, 1.54) is 27.4 Å². The minimum atomic E-state index is -0.327. The molecular weight excluding hydrogens is 557 g/mol. The Hall–Kier alpha value is -4.65. The van der Waals surface area contributed by atoms with Gasteiger partial charge >= 0.3 is 0 Å². The standard InChI is InChI=1S/C39H32N4S/c40-37(43-38(26-12-3-1-4-13-26)41-39(43)27-14-5-2-6-15-27)29-16-11-17-30(24-29)42-34-20-9-7-19-32(34)33-23-22-28(25-35(33)42)31-18-8-10-21-36(31)44/h1-25,37-39,41,44H,40H2. The molecule has 2 heterocycles. The minimum absolute atomic E-state index is 0.0113. The molecule has 4 nitrogen and oxygen atoms in total. The molecule has 1 fully saturated rings. The van der Waals surface area contributed by atoms with E-state index in [4.69, 9.17) is 18.4 Å². The number of aromatic nitrogens is 1. The first-order valence-electron chi connectivity index (χ1n) is 15.0. The first-order valence-corrected chi connectivity index (χ1v) is 15.4. The Bertz CT molecular complexity index is 2060. The van der Waals surface area contributed by atoms with Gasteiger partial charge in [0.25, 0.3) is 0 Å². The van der Waals surface area contributed by atoms with Crippen molar-refractivity contribution in [1.29, 1.82) is 0 Å². The van der Waals surface area contributed by atoms with Crippen molar-refractivity contribution in [2.75, 3.05) is 0 Å². The topological polar surface area (TPSA) is 46.2 Å². The summed E-state index contributed by atoms with van der Waals surface area (Å²) in [5.74, 6) is 0. The van der Waals surface area contributed by atoms with Gasteiger partial charge in [-0.2, -0.15) is 0 Å². The number of hydrogen-bond acceptors (Lipinski definition) is 4. The number of benzene rings is 6. The fourth-order valence-corrected chi connectivity index (χ4v) is 6.96. The van der Waals surface area contributed by atoms with Crippen molar-refractivity contribution in [3.8, 4) is 16.8 Å². The summed E-state index contributed by atoms with van der Waals surface area (Å²) in [5, 5.41) is 6.21. The molecule has 3 N–H and O–H groups in total. The van der Waals surface area contributed by atoms with E-state index in [-0.39, 0.29) is 18.5 Å². The van der Waals surface area contributed by atoms with Gasteiger partial charge in [0.05, 0.1) is 29.5 Å². The Morgan fingerprint density at radius 2 is 1.23 bits per heavy atom. The fraction of sp³-hybridized carbons (Fsp3) is 0.0769. The summed E-state index contributed by atoms with van der Waals surface area (Å²) >= 11 is 4.76. The zero-order chi connectivity index (χ0) is 29.6. The SMILES string of the molecule is NC(c1cccc(-n2c3ccccc3c3ccc(-c4ccccc4S)cc32)c1)N1C(c2ccccc2)NC1c1ccccc1. The highest BCUT2D eigenvalue weighted by Gasteiger charge is 2.43. The molecule has 44 heavy (non-hydrogen) atoms. The quantitative estimate of drug-likeness (QED) is 0.170. The molecule has 7 aromatic rings. The van der Waals surface area contributed by atoms with Crippen LogP contribution < -0.4 is 11.1 Å². The molecular formula is C39H32N4S. The summed E-state index contributed by atoms with van der Waals surface area (Å²) in [7, 11) is 0. The average molecular weight is 589 g/mol. The lowest BCUT2D eigenvalue weighted by Gasteiger charge is -2.53. The normalized spacial score (nSPS) is 17.5. The number of rotatable bonds is 6. The van der Waals surface area contributed by atoms with Crippen LogP contribution in [0.3, 0.4) is 0 Å². The van der Waals surface area contributed by atoms with Crippen LogP contribution in [0.1, 0.15) is 35.2 Å². The van der Waals surface area contributed by atoms with E-state index in [1.54, 1.807) is 0 Å². The molecule has 214 valence electrons. The van der Waals surface area contributed by atoms with Crippen LogP contribution in [0, 0.1) is 0 Å². The van der Waals surface area contributed by atoms with Gasteiger partial charge in [-0.1, -0.05) is 121 Å². The molecule has 1 aromatic heterocycles. The zero-order valence-corrected chi connectivity index (χ0v) is 25.0. The van der Waals surface area contributed by atoms with Gasteiger partial charge in [0.1, 0.15) is 0 Å². The number of thiol groups is 1. The molecule has 6 aromatic carbocycles. The molecule has 0 bridgehead atoms. The zero-order valence-electron chi connectivity index (χ0n) is 24.1. The lowest BCUT2D eigenvalue weighted by atomic mass is 9.98. The maximum absolute atomic E-state index is 7.19. The number of fused-ring (bicyclic) bond motifs is 3. The summed E-state index contributed by atoms with van der Waals surface area (Å²) in [6, 6.07) is 53.4. The highest BCUT2D eigenvalue weighted by Crippen LogP contribution is 2.43. The Labute approximate surface area is 262 Å². The first-order chi connectivity index (χ1) is 21.7. The molecule has 0 spiro atoms. The fourth-order valence-electron chi connectivity index (χ4n) is 6.67. The van der Waals surface area contributed by atoms with Gasteiger partial charge in [-0.25, -0.2) is 4.90 Å². The summed E-state index contributed by atoms with van der Waals surface area (Å²) in [4.78, 5) is 3.34.